The van der Waals surface area contributed by atoms with E-state index in [1.807, 2.05) is 65.4 Å². The maximum absolute atomic E-state index is 15.6. The smallest absolute Gasteiger partial charge is 0.311 e. The highest BCUT2D eigenvalue weighted by atomic mass is 19.1. The molecule has 0 saturated heterocycles. The molecule has 0 aliphatic heterocycles. The Hall–Kier alpha value is -5.44. The van der Waals surface area contributed by atoms with Crippen molar-refractivity contribution in [3.05, 3.63) is 144 Å². The molecule has 3 fully saturated rings. The van der Waals surface area contributed by atoms with Crippen LogP contribution >= 0.6 is 0 Å². The summed E-state index contributed by atoms with van der Waals surface area (Å²) in [5.74, 6) is -1.20. The van der Waals surface area contributed by atoms with Crippen molar-refractivity contribution in [2.45, 2.75) is 44.2 Å². The third-order valence-electron chi connectivity index (χ3n) is 10.6. The zero-order chi connectivity index (χ0) is 34.2. The lowest BCUT2D eigenvalue weighted by atomic mass is 9.61. The Kier molecular flexibility index (Phi) is 8.34. The number of carbonyl (C=O) groups is 1. The third kappa shape index (κ3) is 5.32. The van der Waals surface area contributed by atoms with Crippen molar-refractivity contribution in [1.29, 1.82) is 0 Å². The van der Waals surface area contributed by atoms with Gasteiger partial charge in [0.15, 0.2) is 17.5 Å². The number of hydrogen-bond acceptors (Lipinski definition) is 6. The minimum Gasteiger partial charge on any atom is -0.466 e. The van der Waals surface area contributed by atoms with E-state index in [9.17, 15) is 4.79 Å². The van der Waals surface area contributed by atoms with Gasteiger partial charge in [-0.25, -0.2) is 23.7 Å². The van der Waals surface area contributed by atoms with Gasteiger partial charge in [-0.3, -0.25) is 4.79 Å². The fourth-order valence-electron chi connectivity index (χ4n) is 8.46. The number of ether oxygens (including phenoxy) is 1. The van der Waals surface area contributed by atoms with Crippen LogP contribution in [-0.2, 0) is 15.1 Å². The maximum Gasteiger partial charge on any atom is 0.311 e. The summed E-state index contributed by atoms with van der Waals surface area (Å²) in [6.45, 7) is 2.09. The number of rotatable bonds is 9. The molecule has 3 aromatic carbocycles. The molecule has 9 heteroatoms. The van der Waals surface area contributed by atoms with Crippen molar-refractivity contribution in [3.8, 4) is 11.4 Å². The van der Waals surface area contributed by atoms with E-state index in [-0.39, 0.29) is 48.0 Å². The highest BCUT2D eigenvalue weighted by Gasteiger charge is 2.48. The molecule has 2 atom stereocenters. The van der Waals surface area contributed by atoms with E-state index < -0.39 is 17.2 Å². The molecular formula is C41H37F2N5O2. The molecule has 2 bridgehead atoms. The monoisotopic (exact) mass is 669 g/mol. The normalized spacial score (nSPS) is 20.1. The fourth-order valence-corrected chi connectivity index (χ4v) is 8.46. The minimum atomic E-state index is -0.944. The lowest BCUT2D eigenvalue weighted by Crippen LogP contribution is -2.52. The zero-order valence-corrected chi connectivity index (χ0v) is 27.7. The summed E-state index contributed by atoms with van der Waals surface area (Å²) in [5, 5.41) is 3.81. The zero-order valence-electron chi connectivity index (χ0n) is 27.7. The molecule has 9 rings (SSSR count). The molecule has 3 aromatic heterocycles. The first kappa shape index (κ1) is 31.8. The number of anilines is 1. The molecule has 0 radical (unpaired) electrons. The molecule has 1 N–H and O–H groups in total. The lowest BCUT2D eigenvalue weighted by Gasteiger charge is -2.47. The van der Waals surface area contributed by atoms with Crippen molar-refractivity contribution < 1.29 is 18.3 Å². The van der Waals surface area contributed by atoms with Gasteiger partial charge in [0.2, 0.25) is 0 Å². The number of carbonyl (C=O) groups excluding carboxylic acids is 1. The number of esters is 1. The van der Waals surface area contributed by atoms with Crippen LogP contribution in [0, 0.1) is 29.4 Å². The molecule has 3 aliphatic rings. The Morgan fingerprint density at radius 1 is 0.840 bits per heavy atom. The predicted octanol–water partition coefficient (Wildman–Crippen LogP) is 8.39. The van der Waals surface area contributed by atoms with Crippen LogP contribution in [0.25, 0.3) is 22.4 Å². The van der Waals surface area contributed by atoms with E-state index >= 15 is 8.78 Å². The van der Waals surface area contributed by atoms with Gasteiger partial charge in [0.1, 0.15) is 17.0 Å². The number of nitrogens with zero attached hydrogens (tertiary/aromatic N) is 4. The van der Waals surface area contributed by atoms with E-state index in [1.165, 1.54) is 12.3 Å². The Bertz CT molecular complexity index is 2040. The summed E-state index contributed by atoms with van der Waals surface area (Å²) in [4.78, 5) is 27.0. The van der Waals surface area contributed by atoms with E-state index in [0.29, 0.717) is 16.6 Å². The van der Waals surface area contributed by atoms with Crippen LogP contribution < -0.4 is 5.32 Å². The quantitative estimate of drug-likeness (QED) is 0.123. The summed E-state index contributed by atoms with van der Waals surface area (Å²) in [6, 6.07) is 31.5. The van der Waals surface area contributed by atoms with Crippen molar-refractivity contribution in [2.24, 2.45) is 17.8 Å². The van der Waals surface area contributed by atoms with E-state index in [1.54, 1.807) is 6.92 Å². The van der Waals surface area contributed by atoms with Crippen LogP contribution in [0.2, 0.25) is 0 Å². The summed E-state index contributed by atoms with van der Waals surface area (Å²) < 4.78 is 38.2. The number of nitrogens with one attached hydrogen (secondary N) is 1. The predicted molar refractivity (Wildman–Crippen MR) is 188 cm³/mol. The van der Waals surface area contributed by atoms with Crippen LogP contribution in [0.4, 0.5) is 14.6 Å². The second kappa shape index (κ2) is 13.1. The van der Waals surface area contributed by atoms with Gasteiger partial charge < -0.3 is 14.6 Å². The number of benzene rings is 3. The van der Waals surface area contributed by atoms with Crippen molar-refractivity contribution >= 4 is 22.8 Å². The van der Waals surface area contributed by atoms with Crippen molar-refractivity contribution in [2.75, 3.05) is 11.9 Å². The van der Waals surface area contributed by atoms with Gasteiger partial charge >= 0.3 is 5.97 Å². The van der Waals surface area contributed by atoms with Crippen LogP contribution in [0.3, 0.4) is 0 Å². The molecule has 0 spiro atoms. The van der Waals surface area contributed by atoms with Gasteiger partial charge in [-0.05, 0) is 67.2 Å². The molecule has 3 saturated carbocycles. The van der Waals surface area contributed by atoms with Gasteiger partial charge in [-0.2, -0.15) is 0 Å². The van der Waals surface area contributed by atoms with E-state index in [4.69, 9.17) is 9.72 Å². The number of halogens is 2. The van der Waals surface area contributed by atoms with Gasteiger partial charge in [-0.15, -0.1) is 0 Å². The average molecular weight is 670 g/mol. The van der Waals surface area contributed by atoms with E-state index in [0.717, 1.165) is 48.6 Å². The number of pyridine rings is 1. The highest BCUT2D eigenvalue weighted by Crippen LogP contribution is 2.48. The SMILES string of the molecule is CCOC(=O)[C@H]1C2CCC(CC2)[C@@H]1Nc1nc(-c2cn(C(c3ccccc3)(c3ccccc3)c3ccccc3)c3ncc(F)cc23)ncc1F. The number of aromatic nitrogens is 4. The second-order valence-corrected chi connectivity index (χ2v) is 13.3. The Balaban J connectivity index is 1.32. The Labute approximate surface area is 289 Å². The molecular weight excluding hydrogens is 632 g/mol. The molecule has 7 nitrogen and oxygen atoms in total. The average Bonchev–Trinajstić information content (AvgIpc) is 3.53. The summed E-state index contributed by atoms with van der Waals surface area (Å²) in [5.41, 5.74) is 2.95. The van der Waals surface area contributed by atoms with Crippen LogP contribution in [0.15, 0.2) is 116 Å². The fraction of sp³-hybridized carbons (Fsp3) is 0.268. The largest absolute Gasteiger partial charge is 0.466 e. The highest BCUT2D eigenvalue weighted by molar-refractivity contribution is 5.93. The summed E-state index contributed by atoms with van der Waals surface area (Å²) >= 11 is 0. The topological polar surface area (TPSA) is 81.9 Å². The van der Waals surface area contributed by atoms with Crippen molar-refractivity contribution in [3.63, 3.8) is 0 Å². The molecule has 3 heterocycles. The van der Waals surface area contributed by atoms with Gasteiger partial charge in [0, 0.05) is 23.2 Å². The van der Waals surface area contributed by atoms with Crippen molar-refractivity contribution in [1.82, 2.24) is 19.5 Å². The molecule has 0 unspecified atom stereocenters. The number of fused-ring (bicyclic) bond motifs is 4. The number of hydrogen-bond donors (Lipinski definition) is 1. The molecule has 6 aromatic rings. The van der Waals surface area contributed by atoms with Gasteiger partial charge in [0.25, 0.3) is 0 Å². The van der Waals surface area contributed by atoms with Gasteiger partial charge in [0.05, 0.1) is 24.9 Å². The summed E-state index contributed by atoms with van der Waals surface area (Å²) in [6.07, 6.45) is 8.06. The third-order valence-corrected chi connectivity index (χ3v) is 10.6. The van der Waals surface area contributed by atoms with Crippen LogP contribution in [0.5, 0.6) is 0 Å². The second-order valence-electron chi connectivity index (χ2n) is 13.3. The first-order valence-electron chi connectivity index (χ1n) is 17.3. The first-order valence-corrected chi connectivity index (χ1v) is 17.3. The first-order chi connectivity index (χ1) is 24.5. The Morgan fingerprint density at radius 3 is 2.00 bits per heavy atom. The van der Waals surface area contributed by atoms with Gasteiger partial charge in [-0.1, -0.05) is 91.0 Å². The standard InChI is InChI=1S/C41H37F2N5O2/c1-2-50-40(49)35-26-18-20-27(21-19-26)36(35)46-38-34(43)24-44-37(47-38)33-25-48(39-32(33)22-31(42)23-45-39)41(28-12-6-3-7-13-28,29-14-8-4-9-15-29)30-16-10-5-11-17-30/h3-17,22-27,35-36H,2,18-21H2,1H3,(H,44,46,47)/t26?,27?,35-,36-/m0/s1. The molecule has 0 amide bonds. The van der Waals surface area contributed by atoms with Crippen LogP contribution in [-0.4, -0.2) is 38.1 Å². The minimum absolute atomic E-state index is 0.00699. The van der Waals surface area contributed by atoms with Crippen LogP contribution in [0.1, 0.15) is 49.3 Å². The van der Waals surface area contributed by atoms with E-state index in [2.05, 4.69) is 51.7 Å². The lowest BCUT2D eigenvalue weighted by molar-refractivity contribution is -0.154. The Morgan fingerprint density at radius 2 is 1.42 bits per heavy atom. The maximum atomic E-state index is 15.6. The molecule has 252 valence electrons. The summed E-state index contributed by atoms with van der Waals surface area (Å²) in [7, 11) is 0. The molecule has 50 heavy (non-hydrogen) atoms. The molecule has 3 aliphatic carbocycles.